The minimum Gasteiger partial charge on any atom is -0.478 e. The summed E-state index contributed by atoms with van der Waals surface area (Å²) in [6.45, 7) is 0. The Kier molecular flexibility index (Phi) is 7.18. The Morgan fingerprint density at radius 1 is 0.921 bits per heavy atom. The van der Waals surface area contributed by atoms with Gasteiger partial charge in [0, 0.05) is 22.3 Å². The standard InChI is InChI=1S/C25H15ClF6N4O2/c26-19-3-5-20(6-4-19)34-33-12-16-13-36(21-7-1-14(2-8-21)23(37)38)35-22(16)15-9-17(24(27,28)29)11-18(10-15)25(30,31)32/h1-13,34H,(H,37,38)/b33-12+. The Morgan fingerprint density at radius 3 is 2.03 bits per heavy atom. The maximum Gasteiger partial charge on any atom is 0.416 e. The van der Waals surface area contributed by atoms with Gasteiger partial charge in [-0.25, -0.2) is 9.48 Å². The highest BCUT2D eigenvalue weighted by Gasteiger charge is 2.37. The van der Waals surface area contributed by atoms with E-state index in [1.54, 1.807) is 24.3 Å². The molecule has 13 heteroatoms. The lowest BCUT2D eigenvalue weighted by atomic mass is 10.0. The molecule has 3 aromatic carbocycles. The predicted octanol–water partition coefficient (Wildman–Crippen LogP) is 7.37. The minimum absolute atomic E-state index is 0.0252. The summed E-state index contributed by atoms with van der Waals surface area (Å²) in [6, 6.07) is 12.9. The smallest absolute Gasteiger partial charge is 0.416 e. The van der Waals surface area contributed by atoms with E-state index >= 15 is 0 Å². The number of hydrogen-bond acceptors (Lipinski definition) is 4. The maximum atomic E-state index is 13.5. The summed E-state index contributed by atoms with van der Waals surface area (Å²) in [7, 11) is 0. The molecule has 0 unspecified atom stereocenters. The summed E-state index contributed by atoms with van der Waals surface area (Å²) < 4.78 is 81.9. The van der Waals surface area contributed by atoms with Crippen molar-refractivity contribution in [2.45, 2.75) is 12.4 Å². The average Bonchev–Trinajstić information content (AvgIpc) is 3.28. The molecule has 0 radical (unpaired) electrons. The quantitative estimate of drug-likeness (QED) is 0.149. The van der Waals surface area contributed by atoms with Gasteiger partial charge >= 0.3 is 18.3 Å². The zero-order chi connectivity index (χ0) is 27.7. The van der Waals surface area contributed by atoms with Gasteiger partial charge in [0.05, 0.1) is 34.3 Å². The number of hydrogen-bond donors (Lipinski definition) is 2. The second kappa shape index (κ2) is 10.2. The summed E-state index contributed by atoms with van der Waals surface area (Å²) in [5, 5.41) is 17.8. The van der Waals surface area contributed by atoms with E-state index in [0.29, 0.717) is 28.5 Å². The summed E-state index contributed by atoms with van der Waals surface area (Å²) in [4.78, 5) is 11.1. The largest absolute Gasteiger partial charge is 0.478 e. The Bertz CT molecular complexity index is 1460. The van der Waals surface area contributed by atoms with Crippen LogP contribution in [0.15, 0.2) is 78.0 Å². The van der Waals surface area contributed by atoms with Gasteiger partial charge in [-0.3, -0.25) is 5.43 Å². The molecule has 0 spiro atoms. The molecule has 1 aromatic heterocycles. The third-order valence-corrected chi connectivity index (χ3v) is 5.48. The molecule has 2 N–H and O–H groups in total. The first-order valence-electron chi connectivity index (χ1n) is 10.6. The number of carbonyl (C=O) groups is 1. The van der Waals surface area contributed by atoms with Crippen LogP contribution >= 0.6 is 11.6 Å². The summed E-state index contributed by atoms with van der Waals surface area (Å²) >= 11 is 5.84. The fraction of sp³-hybridized carbons (Fsp3) is 0.0800. The highest BCUT2D eigenvalue weighted by Crippen LogP contribution is 2.39. The number of nitrogens with zero attached hydrogens (tertiary/aromatic N) is 3. The maximum absolute atomic E-state index is 13.5. The molecule has 196 valence electrons. The fourth-order valence-corrected chi connectivity index (χ4v) is 3.51. The lowest BCUT2D eigenvalue weighted by Crippen LogP contribution is -2.11. The summed E-state index contributed by atoms with van der Waals surface area (Å²) in [6.07, 6.45) is -7.57. The van der Waals surface area contributed by atoms with Crippen LogP contribution in [0.2, 0.25) is 5.02 Å². The molecule has 0 saturated heterocycles. The number of carboxylic acid groups (broad SMARTS) is 1. The molecular formula is C25H15ClF6N4O2. The summed E-state index contributed by atoms with van der Waals surface area (Å²) in [5.41, 5.74) is -0.0787. The van der Waals surface area contributed by atoms with E-state index in [1.165, 1.54) is 41.4 Å². The molecular weight excluding hydrogens is 538 g/mol. The van der Waals surface area contributed by atoms with Gasteiger partial charge in [0.2, 0.25) is 0 Å². The van der Waals surface area contributed by atoms with Gasteiger partial charge in [0.25, 0.3) is 0 Å². The van der Waals surface area contributed by atoms with E-state index in [-0.39, 0.29) is 22.9 Å². The molecule has 38 heavy (non-hydrogen) atoms. The van der Waals surface area contributed by atoms with Crippen LogP contribution in [0.5, 0.6) is 0 Å². The fourth-order valence-electron chi connectivity index (χ4n) is 3.39. The van der Waals surface area contributed by atoms with Crippen LogP contribution in [-0.2, 0) is 12.4 Å². The Labute approximate surface area is 215 Å². The normalized spacial score (nSPS) is 12.2. The molecule has 0 bridgehead atoms. The van der Waals surface area contributed by atoms with E-state index in [4.69, 9.17) is 16.7 Å². The SMILES string of the molecule is O=C(O)c1ccc(-n2cc(/C=N/Nc3ccc(Cl)cc3)c(-c3cc(C(F)(F)F)cc(C(F)(F)F)c3)n2)cc1. The number of benzene rings is 3. The van der Waals surface area contributed by atoms with E-state index in [2.05, 4.69) is 15.6 Å². The number of nitrogens with one attached hydrogen (secondary N) is 1. The molecule has 4 aromatic rings. The van der Waals surface area contributed by atoms with E-state index < -0.39 is 35.0 Å². The van der Waals surface area contributed by atoms with Crippen LogP contribution in [0, 0.1) is 0 Å². The first-order chi connectivity index (χ1) is 17.8. The van der Waals surface area contributed by atoms with Crippen LogP contribution in [0.3, 0.4) is 0 Å². The number of halogens is 7. The number of anilines is 1. The third-order valence-electron chi connectivity index (χ3n) is 5.22. The number of rotatable bonds is 6. The van der Waals surface area contributed by atoms with Gasteiger partial charge in [0.1, 0.15) is 5.69 Å². The zero-order valence-electron chi connectivity index (χ0n) is 18.8. The molecule has 0 saturated carbocycles. The second-order valence-corrected chi connectivity index (χ2v) is 8.34. The van der Waals surface area contributed by atoms with E-state index in [0.717, 1.165) is 0 Å². The van der Waals surface area contributed by atoms with Gasteiger partial charge in [-0.05, 0) is 66.7 Å². The molecule has 4 rings (SSSR count). The molecule has 0 aliphatic rings. The molecule has 6 nitrogen and oxygen atoms in total. The lowest BCUT2D eigenvalue weighted by Gasteiger charge is -2.13. The van der Waals surface area contributed by atoms with E-state index in [9.17, 15) is 31.1 Å². The Balaban J connectivity index is 1.82. The number of alkyl halides is 6. The first kappa shape index (κ1) is 26.7. The molecule has 0 fully saturated rings. The van der Waals surface area contributed by atoms with Gasteiger partial charge < -0.3 is 5.11 Å². The highest BCUT2D eigenvalue weighted by atomic mass is 35.5. The van der Waals surface area contributed by atoms with Gasteiger partial charge in [0.15, 0.2) is 0 Å². The predicted molar refractivity (Wildman–Crippen MR) is 129 cm³/mol. The zero-order valence-corrected chi connectivity index (χ0v) is 19.6. The van der Waals surface area contributed by atoms with Crippen molar-refractivity contribution in [3.8, 4) is 16.9 Å². The first-order valence-corrected chi connectivity index (χ1v) is 11.0. The van der Waals surface area contributed by atoms with Crippen LogP contribution in [0.25, 0.3) is 16.9 Å². The third kappa shape index (κ3) is 6.14. The number of carboxylic acids is 1. The van der Waals surface area contributed by atoms with Gasteiger partial charge in [-0.2, -0.15) is 36.5 Å². The molecule has 0 amide bonds. The van der Waals surface area contributed by atoms with Crippen molar-refractivity contribution in [2.24, 2.45) is 5.10 Å². The van der Waals surface area contributed by atoms with Gasteiger partial charge in [-0.15, -0.1) is 0 Å². The van der Waals surface area contributed by atoms with Crippen LogP contribution in [-0.4, -0.2) is 27.1 Å². The topological polar surface area (TPSA) is 79.5 Å². The molecule has 0 aliphatic heterocycles. The molecule has 1 heterocycles. The number of aromatic nitrogens is 2. The van der Waals surface area contributed by atoms with E-state index in [1.807, 2.05) is 0 Å². The van der Waals surface area contributed by atoms with Crippen molar-refractivity contribution in [1.82, 2.24) is 9.78 Å². The van der Waals surface area contributed by atoms with Crippen molar-refractivity contribution in [2.75, 3.05) is 5.43 Å². The highest BCUT2D eigenvalue weighted by molar-refractivity contribution is 6.30. The average molecular weight is 553 g/mol. The second-order valence-electron chi connectivity index (χ2n) is 7.90. The number of hydrazone groups is 1. The van der Waals surface area contributed by atoms with Crippen LogP contribution < -0.4 is 5.43 Å². The summed E-state index contributed by atoms with van der Waals surface area (Å²) in [5.74, 6) is -1.18. The number of aromatic carboxylic acids is 1. The van der Waals surface area contributed by atoms with Crippen LogP contribution in [0.1, 0.15) is 27.0 Å². The Hall–Kier alpha value is -4.32. The molecule has 0 aliphatic carbocycles. The van der Waals surface area contributed by atoms with Crippen molar-refractivity contribution >= 4 is 29.5 Å². The Morgan fingerprint density at radius 2 is 1.50 bits per heavy atom. The van der Waals surface area contributed by atoms with Crippen LogP contribution in [0.4, 0.5) is 32.0 Å². The van der Waals surface area contributed by atoms with Crippen molar-refractivity contribution in [3.05, 3.63) is 100 Å². The van der Waals surface area contributed by atoms with Gasteiger partial charge in [-0.1, -0.05) is 11.6 Å². The monoisotopic (exact) mass is 552 g/mol. The van der Waals surface area contributed by atoms with Crippen molar-refractivity contribution < 1.29 is 36.2 Å². The van der Waals surface area contributed by atoms with Crippen molar-refractivity contribution in [1.29, 1.82) is 0 Å². The minimum atomic E-state index is -5.05. The molecule has 0 atom stereocenters. The lowest BCUT2D eigenvalue weighted by molar-refractivity contribution is -0.143. The van der Waals surface area contributed by atoms with Crippen molar-refractivity contribution in [3.63, 3.8) is 0 Å².